The lowest BCUT2D eigenvalue weighted by atomic mass is 10.2. The largest absolute Gasteiger partial charge is 0.370 e. The van der Waals surface area contributed by atoms with E-state index in [-0.39, 0.29) is 6.04 Å². The summed E-state index contributed by atoms with van der Waals surface area (Å²) in [5, 5.41) is 8.41. The summed E-state index contributed by atoms with van der Waals surface area (Å²) >= 11 is 0. The Kier molecular flexibility index (Phi) is 4.26. The smallest absolute Gasteiger partial charge is 0.131 e. The number of nitrogens with one attached hydrogen (secondary N) is 1. The monoisotopic (exact) mass is 333 g/mol. The van der Waals surface area contributed by atoms with E-state index in [4.69, 9.17) is 4.74 Å². The van der Waals surface area contributed by atoms with Gasteiger partial charge in [-0.25, -0.2) is 9.67 Å². The lowest BCUT2D eigenvalue weighted by molar-refractivity contribution is 0.104. The van der Waals surface area contributed by atoms with Crippen LogP contribution in [0.5, 0.6) is 0 Å². The van der Waals surface area contributed by atoms with Crippen LogP contribution >= 0.6 is 0 Å². The number of rotatable bonds is 6. The molecule has 2 aromatic heterocycles. The molecule has 0 saturated carbocycles. The molecule has 25 heavy (non-hydrogen) atoms. The van der Waals surface area contributed by atoms with Crippen molar-refractivity contribution in [2.24, 2.45) is 0 Å². The first-order valence-corrected chi connectivity index (χ1v) is 8.26. The molecule has 4 rings (SSSR count). The van der Waals surface area contributed by atoms with E-state index in [0.717, 1.165) is 28.1 Å². The third kappa shape index (κ3) is 3.44. The summed E-state index contributed by atoms with van der Waals surface area (Å²) in [6.07, 6.45) is 1.91. The number of fused-ring (bicyclic) bond motifs is 1. The van der Waals surface area contributed by atoms with Gasteiger partial charge in [0, 0.05) is 0 Å². The summed E-state index contributed by atoms with van der Waals surface area (Å²) in [6, 6.07) is 18.0. The molecule has 0 radical (unpaired) electrons. The quantitative estimate of drug-likeness (QED) is 0.586. The van der Waals surface area contributed by atoms with Crippen molar-refractivity contribution in [3.05, 3.63) is 77.9 Å². The van der Waals surface area contributed by atoms with E-state index < -0.39 is 0 Å². The average molecular weight is 333 g/mol. The van der Waals surface area contributed by atoms with Gasteiger partial charge in [0.2, 0.25) is 0 Å². The lowest BCUT2D eigenvalue weighted by Gasteiger charge is -2.07. The molecule has 0 aliphatic heterocycles. The fourth-order valence-electron chi connectivity index (χ4n) is 2.71. The zero-order valence-electron chi connectivity index (χ0n) is 14.0. The van der Waals surface area contributed by atoms with Gasteiger partial charge in [0.15, 0.2) is 0 Å². The highest BCUT2D eigenvalue weighted by molar-refractivity contribution is 5.74. The van der Waals surface area contributed by atoms with Gasteiger partial charge in [-0.05, 0) is 24.6 Å². The van der Waals surface area contributed by atoms with Crippen molar-refractivity contribution in [2.45, 2.75) is 26.2 Å². The topological polar surface area (TPSA) is 68.6 Å². The molecular formula is C19H19N5O. The van der Waals surface area contributed by atoms with Crippen molar-refractivity contribution in [1.82, 2.24) is 25.0 Å². The van der Waals surface area contributed by atoms with Crippen LogP contribution < -0.4 is 0 Å². The summed E-state index contributed by atoms with van der Waals surface area (Å²) < 4.78 is 7.52. The van der Waals surface area contributed by atoms with Crippen molar-refractivity contribution in [3.63, 3.8) is 0 Å². The van der Waals surface area contributed by atoms with Crippen LogP contribution in [0.1, 0.15) is 30.0 Å². The summed E-state index contributed by atoms with van der Waals surface area (Å²) in [4.78, 5) is 7.96. The molecule has 0 amide bonds. The molecule has 0 aliphatic rings. The predicted octanol–water partition coefficient (Wildman–Crippen LogP) is 3.48. The molecule has 0 aliphatic carbocycles. The van der Waals surface area contributed by atoms with Crippen LogP contribution in [0.2, 0.25) is 0 Å². The van der Waals surface area contributed by atoms with Crippen molar-refractivity contribution in [2.75, 3.05) is 0 Å². The van der Waals surface area contributed by atoms with Crippen LogP contribution in [-0.4, -0.2) is 25.0 Å². The number of hydrogen-bond donors (Lipinski definition) is 1. The fourth-order valence-corrected chi connectivity index (χ4v) is 2.71. The molecule has 1 atom stereocenters. The molecule has 4 aromatic rings. The second-order valence-corrected chi connectivity index (χ2v) is 5.98. The lowest BCUT2D eigenvalue weighted by Crippen LogP contribution is -2.09. The number of H-pyrrole nitrogens is 1. The highest BCUT2D eigenvalue weighted by Gasteiger charge is 2.14. The van der Waals surface area contributed by atoms with Crippen molar-refractivity contribution in [1.29, 1.82) is 0 Å². The molecular weight excluding hydrogens is 314 g/mol. The van der Waals surface area contributed by atoms with Gasteiger partial charge >= 0.3 is 0 Å². The number of aromatic nitrogens is 5. The first-order chi connectivity index (χ1) is 12.3. The van der Waals surface area contributed by atoms with E-state index in [2.05, 4.69) is 20.3 Å². The molecule has 1 N–H and O–H groups in total. The maximum atomic E-state index is 5.71. The summed E-state index contributed by atoms with van der Waals surface area (Å²) in [5.74, 6) is 0.864. The van der Waals surface area contributed by atoms with Crippen LogP contribution in [0.15, 0.2) is 60.8 Å². The maximum Gasteiger partial charge on any atom is 0.131 e. The minimum atomic E-state index is -0.0252. The Labute approximate surface area is 145 Å². The molecule has 6 heteroatoms. The van der Waals surface area contributed by atoms with E-state index in [1.165, 1.54) is 0 Å². The van der Waals surface area contributed by atoms with E-state index in [0.29, 0.717) is 13.2 Å². The zero-order chi connectivity index (χ0) is 17.1. The number of imidazole rings is 1. The van der Waals surface area contributed by atoms with Gasteiger partial charge < -0.3 is 9.72 Å². The first-order valence-electron chi connectivity index (χ1n) is 8.26. The Balaban J connectivity index is 1.41. The first kappa shape index (κ1) is 15.5. The van der Waals surface area contributed by atoms with Gasteiger partial charge in [-0.1, -0.05) is 47.7 Å². The van der Waals surface area contributed by atoms with Gasteiger partial charge in [-0.15, -0.1) is 5.10 Å². The third-order valence-corrected chi connectivity index (χ3v) is 4.12. The van der Waals surface area contributed by atoms with Crippen LogP contribution in [0.4, 0.5) is 0 Å². The van der Waals surface area contributed by atoms with E-state index in [1.54, 1.807) is 4.68 Å². The number of nitrogens with zero attached hydrogens (tertiary/aromatic N) is 4. The molecule has 0 unspecified atom stereocenters. The number of ether oxygens (including phenoxy) is 1. The molecule has 0 bridgehead atoms. The van der Waals surface area contributed by atoms with Crippen molar-refractivity contribution >= 4 is 11.0 Å². The van der Waals surface area contributed by atoms with Crippen molar-refractivity contribution in [3.8, 4) is 0 Å². The Morgan fingerprint density at radius 1 is 1.04 bits per heavy atom. The minimum absolute atomic E-state index is 0.0252. The fraction of sp³-hybridized carbons (Fsp3) is 0.211. The minimum Gasteiger partial charge on any atom is -0.370 e. The second kappa shape index (κ2) is 6.86. The number of benzene rings is 2. The molecule has 2 heterocycles. The van der Waals surface area contributed by atoms with Crippen LogP contribution in [0.25, 0.3) is 11.0 Å². The molecule has 126 valence electrons. The van der Waals surface area contributed by atoms with Gasteiger partial charge in [0.05, 0.1) is 30.4 Å². The molecule has 0 spiro atoms. The predicted molar refractivity (Wildman–Crippen MR) is 94.9 cm³/mol. The maximum absolute atomic E-state index is 5.71. The number of aromatic amines is 1. The molecule has 2 aromatic carbocycles. The third-order valence-electron chi connectivity index (χ3n) is 4.12. The number of para-hydroxylation sites is 2. The highest BCUT2D eigenvalue weighted by atomic mass is 16.5. The summed E-state index contributed by atoms with van der Waals surface area (Å²) in [5.41, 5.74) is 3.93. The second-order valence-electron chi connectivity index (χ2n) is 5.98. The normalized spacial score (nSPS) is 12.5. The molecule has 6 nitrogen and oxygen atoms in total. The van der Waals surface area contributed by atoms with Crippen LogP contribution in [0, 0.1) is 0 Å². The summed E-state index contributed by atoms with van der Waals surface area (Å²) in [7, 11) is 0. The van der Waals surface area contributed by atoms with Gasteiger partial charge in [-0.2, -0.15) is 0 Å². The van der Waals surface area contributed by atoms with Crippen LogP contribution in [0.3, 0.4) is 0 Å². The van der Waals surface area contributed by atoms with E-state index in [1.807, 2.05) is 67.7 Å². The average Bonchev–Trinajstić information content (AvgIpc) is 3.29. The summed E-state index contributed by atoms with van der Waals surface area (Å²) in [6.45, 7) is 3.04. The van der Waals surface area contributed by atoms with Gasteiger partial charge in [0.25, 0.3) is 0 Å². The van der Waals surface area contributed by atoms with Gasteiger partial charge in [-0.3, -0.25) is 0 Å². The zero-order valence-corrected chi connectivity index (χ0v) is 14.0. The Morgan fingerprint density at radius 2 is 1.84 bits per heavy atom. The number of hydrogen-bond acceptors (Lipinski definition) is 4. The molecule has 0 fully saturated rings. The Hall–Kier alpha value is -2.99. The van der Waals surface area contributed by atoms with Crippen LogP contribution in [-0.2, 0) is 18.0 Å². The Morgan fingerprint density at radius 3 is 2.68 bits per heavy atom. The SMILES string of the molecule is C[C@H](c1nc2ccccc2[nH]1)n1cc(COCc2ccccc2)nn1. The van der Waals surface area contributed by atoms with Crippen molar-refractivity contribution < 1.29 is 4.74 Å². The van der Waals surface area contributed by atoms with Gasteiger partial charge in [0.1, 0.15) is 17.6 Å². The highest BCUT2D eigenvalue weighted by Crippen LogP contribution is 2.18. The standard InChI is InChI=1S/C19H19N5O/c1-14(19-20-17-9-5-6-10-18(17)21-19)24-11-16(22-23-24)13-25-12-15-7-3-2-4-8-15/h2-11,14H,12-13H2,1H3,(H,20,21)/t14-/m1/s1. The molecule has 0 saturated heterocycles. The Bertz CT molecular complexity index is 927. The van der Waals surface area contributed by atoms with E-state index >= 15 is 0 Å². The van der Waals surface area contributed by atoms with E-state index in [9.17, 15) is 0 Å².